The molecule has 13 heavy (non-hydrogen) atoms. The fraction of sp³-hybridized carbons (Fsp3) is 0.667. The lowest BCUT2D eigenvalue weighted by molar-refractivity contribution is 0.129. The number of aliphatic hydroxyl groups is 2. The summed E-state index contributed by atoms with van der Waals surface area (Å²) in [6.45, 7) is 4.03. The zero-order valence-electron chi connectivity index (χ0n) is 8.01. The highest BCUT2D eigenvalue weighted by molar-refractivity contribution is 5.03. The van der Waals surface area contributed by atoms with Crippen molar-refractivity contribution in [1.82, 2.24) is 9.78 Å². The first-order valence-corrected chi connectivity index (χ1v) is 4.49. The Morgan fingerprint density at radius 1 is 1.54 bits per heavy atom. The molecule has 4 nitrogen and oxygen atoms in total. The molecule has 0 radical (unpaired) electrons. The lowest BCUT2D eigenvalue weighted by Gasteiger charge is -2.06. The molecule has 1 aromatic rings. The number of hydrogen-bond donors (Lipinski definition) is 2. The van der Waals surface area contributed by atoms with E-state index in [-0.39, 0.29) is 6.61 Å². The van der Waals surface area contributed by atoms with Gasteiger partial charge in [0.2, 0.25) is 0 Å². The molecule has 1 aromatic heterocycles. The van der Waals surface area contributed by atoms with Crippen molar-refractivity contribution >= 4 is 0 Å². The van der Waals surface area contributed by atoms with Gasteiger partial charge in [-0.15, -0.1) is 0 Å². The average molecular weight is 184 g/mol. The smallest absolute Gasteiger partial charge is 0.1000 e. The van der Waals surface area contributed by atoms with E-state index >= 15 is 0 Å². The monoisotopic (exact) mass is 184 g/mol. The highest BCUT2D eigenvalue weighted by Gasteiger charge is 2.10. The fourth-order valence-electron chi connectivity index (χ4n) is 1.09. The van der Waals surface area contributed by atoms with Gasteiger partial charge in [-0.3, -0.25) is 4.68 Å². The second kappa shape index (κ2) is 4.39. The molecule has 0 saturated heterocycles. The molecule has 1 atom stereocenters. The molecule has 0 saturated carbocycles. The summed E-state index contributed by atoms with van der Waals surface area (Å²) in [5, 5.41) is 22.3. The van der Waals surface area contributed by atoms with Gasteiger partial charge in [0.25, 0.3) is 0 Å². The van der Waals surface area contributed by atoms with E-state index < -0.39 is 6.10 Å². The number of aromatic nitrogens is 2. The van der Waals surface area contributed by atoms with Gasteiger partial charge in [0.05, 0.1) is 11.8 Å². The number of aliphatic hydroxyl groups excluding tert-OH is 2. The third-order valence-electron chi connectivity index (χ3n) is 1.90. The van der Waals surface area contributed by atoms with E-state index in [4.69, 9.17) is 5.11 Å². The van der Waals surface area contributed by atoms with Crippen molar-refractivity contribution in [2.45, 2.75) is 32.4 Å². The minimum Gasteiger partial charge on any atom is -0.396 e. The van der Waals surface area contributed by atoms with E-state index in [1.54, 1.807) is 10.7 Å². The van der Waals surface area contributed by atoms with Gasteiger partial charge in [-0.25, -0.2) is 0 Å². The Kier molecular flexibility index (Phi) is 3.45. The van der Waals surface area contributed by atoms with Crippen molar-refractivity contribution in [2.24, 2.45) is 0 Å². The van der Waals surface area contributed by atoms with Gasteiger partial charge in [-0.2, -0.15) is 5.10 Å². The Bertz CT molecular complexity index is 258. The Balaban J connectivity index is 2.67. The van der Waals surface area contributed by atoms with Crippen molar-refractivity contribution in [3.05, 3.63) is 18.0 Å². The summed E-state index contributed by atoms with van der Waals surface area (Å²) < 4.78 is 1.79. The van der Waals surface area contributed by atoms with Crippen LogP contribution in [0.2, 0.25) is 0 Å². The van der Waals surface area contributed by atoms with Gasteiger partial charge in [0.15, 0.2) is 0 Å². The van der Waals surface area contributed by atoms with Crippen LogP contribution < -0.4 is 0 Å². The maximum Gasteiger partial charge on any atom is 0.1000 e. The lowest BCUT2D eigenvalue weighted by Crippen LogP contribution is -2.05. The Hall–Kier alpha value is -0.870. The Morgan fingerprint density at radius 2 is 2.23 bits per heavy atom. The van der Waals surface area contributed by atoms with Crippen LogP contribution in [0.25, 0.3) is 0 Å². The van der Waals surface area contributed by atoms with Crippen molar-refractivity contribution in [2.75, 3.05) is 6.61 Å². The van der Waals surface area contributed by atoms with Gasteiger partial charge in [0, 0.05) is 25.3 Å². The molecule has 0 aliphatic rings. The third-order valence-corrected chi connectivity index (χ3v) is 1.90. The minimum atomic E-state index is -0.648. The summed E-state index contributed by atoms with van der Waals surface area (Å²) in [4.78, 5) is 0. The normalized spacial score (nSPS) is 13.6. The predicted octanol–water partition coefficient (Wildman–Crippen LogP) is 0.880. The van der Waals surface area contributed by atoms with Crippen molar-refractivity contribution in [3.8, 4) is 0 Å². The SMILES string of the molecule is CC(C)n1ccc([C@@H](O)CCO)n1. The molecular weight excluding hydrogens is 168 g/mol. The second-order valence-corrected chi connectivity index (χ2v) is 3.34. The van der Waals surface area contributed by atoms with Crippen molar-refractivity contribution < 1.29 is 10.2 Å². The maximum atomic E-state index is 9.48. The zero-order valence-corrected chi connectivity index (χ0v) is 8.01. The Labute approximate surface area is 77.8 Å². The van der Waals surface area contributed by atoms with Gasteiger partial charge in [-0.05, 0) is 19.9 Å². The summed E-state index contributed by atoms with van der Waals surface area (Å²) in [5.41, 5.74) is 0.628. The topological polar surface area (TPSA) is 58.3 Å². The quantitative estimate of drug-likeness (QED) is 0.730. The molecular formula is C9H16N2O2. The molecule has 74 valence electrons. The molecule has 0 bridgehead atoms. The predicted molar refractivity (Wildman–Crippen MR) is 49.3 cm³/mol. The van der Waals surface area contributed by atoms with Crippen LogP contribution in [0.1, 0.15) is 38.1 Å². The number of hydrogen-bond acceptors (Lipinski definition) is 3. The molecule has 0 amide bonds. The van der Waals surface area contributed by atoms with Gasteiger partial charge < -0.3 is 10.2 Å². The Morgan fingerprint density at radius 3 is 2.69 bits per heavy atom. The van der Waals surface area contributed by atoms with Gasteiger partial charge >= 0.3 is 0 Å². The van der Waals surface area contributed by atoms with Crippen molar-refractivity contribution in [3.63, 3.8) is 0 Å². The van der Waals surface area contributed by atoms with Gasteiger partial charge in [0.1, 0.15) is 0 Å². The summed E-state index contributed by atoms with van der Waals surface area (Å²) in [6.07, 6.45) is 1.53. The van der Waals surface area contributed by atoms with E-state index in [1.165, 1.54) is 0 Å². The third kappa shape index (κ3) is 2.54. The molecule has 1 heterocycles. The zero-order chi connectivity index (χ0) is 9.84. The largest absolute Gasteiger partial charge is 0.396 e. The molecule has 0 aliphatic heterocycles. The maximum absolute atomic E-state index is 9.48. The molecule has 0 aromatic carbocycles. The van der Waals surface area contributed by atoms with E-state index in [0.717, 1.165) is 0 Å². The van der Waals surface area contributed by atoms with Crippen LogP contribution in [0.3, 0.4) is 0 Å². The second-order valence-electron chi connectivity index (χ2n) is 3.34. The lowest BCUT2D eigenvalue weighted by atomic mass is 10.2. The first-order valence-electron chi connectivity index (χ1n) is 4.49. The van der Waals surface area contributed by atoms with Crippen LogP contribution in [-0.2, 0) is 0 Å². The summed E-state index contributed by atoms with van der Waals surface area (Å²) in [5.74, 6) is 0. The summed E-state index contributed by atoms with van der Waals surface area (Å²) in [6, 6.07) is 2.08. The standard InChI is InChI=1S/C9H16N2O2/c1-7(2)11-5-3-8(10-11)9(13)4-6-12/h3,5,7,9,12-13H,4,6H2,1-2H3/t9-/m0/s1. The van der Waals surface area contributed by atoms with E-state index in [0.29, 0.717) is 18.2 Å². The molecule has 1 rings (SSSR count). The van der Waals surface area contributed by atoms with Crippen LogP contribution in [0.4, 0.5) is 0 Å². The first-order chi connectivity index (χ1) is 6.15. The molecule has 0 spiro atoms. The summed E-state index contributed by atoms with van der Waals surface area (Å²) in [7, 11) is 0. The summed E-state index contributed by atoms with van der Waals surface area (Å²) >= 11 is 0. The first kappa shape index (κ1) is 10.2. The molecule has 4 heteroatoms. The minimum absolute atomic E-state index is 0.0181. The fourth-order valence-corrected chi connectivity index (χ4v) is 1.09. The number of rotatable bonds is 4. The van der Waals surface area contributed by atoms with E-state index in [9.17, 15) is 5.11 Å². The molecule has 0 fully saturated rings. The molecule has 0 unspecified atom stereocenters. The van der Waals surface area contributed by atoms with E-state index in [1.807, 2.05) is 20.0 Å². The van der Waals surface area contributed by atoms with Gasteiger partial charge in [-0.1, -0.05) is 0 Å². The van der Waals surface area contributed by atoms with Crippen LogP contribution in [-0.4, -0.2) is 26.6 Å². The molecule has 0 aliphatic carbocycles. The van der Waals surface area contributed by atoms with Crippen LogP contribution in [0.5, 0.6) is 0 Å². The highest BCUT2D eigenvalue weighted by atomic mass is 16.3. The highest BCUT2D eigenvalue weighted by Crippen LogP contribution is 2.14. The molecule has 2 N–H and O–H groups in total. The average Bonchev–Trinajstić information content (AvgIpc) is 2.52. The van der Waals surface area contributed by atoms with E-state index in [2.05, 4.69) is 5.10 Å². The number of nitrogens with zero attached hydrogens (tertiary/aromatic N) is 2. The van der Waals surface area contributed by atoms with Crippen molar-refractivity contribution in [1.29, 1.82) is 0 Å². The van der Waals surface area contributed by atoms with Crippen LogP contribution in [0, 0.1) is 0 Å². The van der Waals surface area contributed by atoms with Crippen LogP contribution >= 0.6 is 0 Å². The van der Waals surface area contributed by atoms with Crippen LogP contribution in [0.15, 0.2) is 12.3 Å².